The van der Waals surface area contributed by atoms with Gasteiger partial charge in [0.25, 0.3) is 0 Å². The van der Waals surface area contributed by atoms with Crippen LogP contribution in [-0.4, -0.2) is 24.3 Å². The minimum absolute atomic E-state index is 0. The standard InChI is InChI=1S/2C6H7N.H2O4Se.2H2O/c2*7-6-4-2-1-3-5-6;1-5(2,3)4;;/h2*1-5H,7H2;(H2,1,2,3,4);2*1H2. The van der Waals surface area contributed by atoms with E-state index in [0.29, 0.717) is 0 Å². The molecule has 0 heterocycles. The zero-order chi connectivity index (χ0) is 14.7. The topological polar surface area (TPSA) is 199 Å². The maximum Gasteiger partial charge on any atom is 0.127 e. The van der Waals surface area contributed by atoms with Gasteiger partial charge >= 0.3 is 29.4 Å². The van der Waals surface area contributed by atoms with Crippen molar-refractivity contribution in [3.05, 3.63) is 60.7 Å². The first kappa shape index (κ1) is 24.3. The van der Waals surface area contributed by atoms with Gasteiger partial charge in [0.05, 0.1) is 0 Å². The van der Waals surface area contributed by atoms with Crippen LogP contribution in [0.15, 0.2) is 60.7 Å². The van der Waals surface area contributed by atoms with Gasteiger partial charge in [-0.05, 0) is 24.3 Å². The first-order chi connectivity index (χ1) is 8.79. The van der Waals surface area contributed by atoms with Crippen molar-refractivity contribution in [2.24, 2.45) is 0 Å². The number of hydrogen-bond donors (Lipinski definition) is 2. The molecule has 2 aromatic rings. The summed E-state index contributed by atoms with van der Waals surface area (Å²) < 4.78 is 34.4. The molecule has 0 aliphatic carbocycles. The zero-order valence-electron chi connectivity index (χ0n) is 11.2. The molecule has 2 rings (SSSR count). The van der Waals surface area contributed by atoms with Gasteiger partial charge in [0.2, 0.25) is 0 Å². The molecular weight excluding hydrogens is 347 g/mol. The summed E-state index contributed by atoms with van der Waals surface area (Å²) in [6.07, 6.45) is 0. The van der Waals surface area contributed by atoms with Crippen LogP contribution in [0.5, 0.6) is 0 Å². The summed E-state index contributed by atoms with van der Waals surface area (Å²) in [7, 11) is 0. The van der Waals surface area contributed by atoms with Crippen LogP contribution in [0.25, 0.3) is 0 Å². The second-order valence-electron chi connectivity index (χ2n) is 3.38. The number of hydrogen-bond acceptors (Lipinski definition) is 4. The Bertz CT molecular complexity index is 503. The van der Waals surface area contributed by atoms with E-state index in [-0.39, 0.29) is 11.0 Å². The molecule has 0 aromatic heterocycles. The fraction of sp³-hybridized carbons (Fsp3) is 0. The summed E-state index contributed by atoms with van der Waals surface area (Å²) in [5.74, 6) is 0. The zero-order valence-corrected chi connectivity index (χ0v) is 12.9. The molecule has 0 atom stereocenters. The molecule has 8 nitrogen and oxygen atoms in total. The van der Waals surface area contributed by atoms with Crippen molar-refractivity contribution in [1.82, 2.24) is 0 Å². The van der Waals surface area contributed by atoms with Gasteiger partial charge < -0.3 is 22.4 Å². The van der Waals surface area contributed by atoms with E-state index in [1.54, 1.807) is 0 Å². The summed E-state index contributed by atoms with van der Waals surface area (Å²) >= 11 is -5.75. The van der Waals surface area contributed by atoms with Gasteiger partial charge in [0, 0.05) is 0 Å². The van der Waals surface area contributed by atoms with Crippen LogP contribution in [0.2, 0.25) is 0 Å². The molecule has 10 N–H and O–H groups in total. The molecule has 0 radical (unpaired) electrons. The summed E-state index contributed by atoms with van der Waals surface area (Å²) in [6, 6.07) is 19.7. The monoisotopic (exact) mass is 368 g/mol. The predicted octanol–water partition coefficient (Wildman–Crippen LogP) is -3.53. The smallest absolute Gasteiger partial charge is 0.127 e. The van der Waals surface area contributed by atoms with Crippen molar-refractivity contribution in [3.63, 3.8) is 0 Å². The molecule has 0 saturated heterocycles. The van der Waals surface area contributed by atoms with Gasteiger partial charge in [0.15, 0.2) is 0 Å². The van der Waals surface area contributed by atoms with Crippen molar-refractivity contribution >= 4 is 24.7 Å². The summed E-state index contributed by atoms with van der Waals surface area (Å²) in [5.41, 5.74) is 9.58. The van der Waals surface area contributed by atoms with Gasteiger partial charge in [-0.15, -0.1) is 0 Å². The first-order valence-electron chi connectivity index (χ1n) is 5.20. The molecule has 0 saturated carbocycles. The van der Waals surface area contributed by atoms with E-state index < -0.39 is 13.4 Å². The van der Waals surface area contributed by atoms with Crippen LogP contribution in [0.3, 0.4) is 0 Å². The van der Waals surface area contributed by atoms with Crippen LogP contribution < -0.4 is 19.8 Å². The second kappa shape index (κ2) is 13.3. The maximum atomic E-state index is 8.59. The van der Waals surface area contributed by atoms with E-state index in [4.69, 9.17) is 16.0 Å². The Morgan fingerprint density at radius 2 is 0.857 bits per heavy atom. The molecule has 21 heavy (non-hydrogen) atoms. The Morgan fingerprint density at radius 1 is 0.667 bits per heavy atom. The third-order valence-electron chi connectivity index (χ3n) is 1.69. The number of quaternary nitrogens is 2. The summed E-state index contributed by atoms with van der Waals surface area (Å²) in [6.45, 7) is 0. The quantitative estimate of drug-likeness (QED) is 0.455. The second-order valence-corrected chi connectivity index (χ2v) is 5.09. The molecule has 0 bridgehead atoms. The van der Waals surface area contributed by atoms with E-state index >= 15 is 0 Å². The van der Waals surface area contributed by atoms with Gasteiger partial charge in [-0.2, -0.15) is 0 Å². The molecule has 0 aliphatic rings. The van der Waals surface area contributed by atoms with Crippen molar-refractivity contribution < 1.29 is 38.5 Å². The van der Waals surface area contributed by atoms with E-state index in [2.05, 4.69) is 11.5 Å². The fourth-order valence-corrected chi connectivity index (χ4v) is 0.956. The van der Waals surface area contributed by atoms with Crippen LogP contribution in [0, 0.1) is 0 Å². The van der Waals surface area contributed by atoms with Gasteiger partial charge in [-0.25, -0.2) is 0 Å². The minimum Gasteiger partial charge on any atom is -0.325 e. The van der Waals surface area contributed by atoms with Crippen LogP contribution in [0.4, 0.5) is 11.4 Å². The largest absolute Gasteiger partial charge is 0.325 e. The predicted molar refractivity (Wildman–Crippen MR) is 72.3 cm³/mol. The van der Waals surface area contributed by atoms with Crippen LogP contribution in [0.1, 0.15) is 0 Å². The van der Waals surface area contributed by atoms with E-state index in [0.717, 1.165) is 11.4 Å². The Hall–Kier alpha value is -1.68. The molecule has 9 heteroatoms. The molecule has 0 fully saturated rings. The van der Waals surface area contributed by atoms with Crippen molar-refractivity contribution in [2.75, 3.05) is 0 Å². The molecule has 0 spiro atoms. The van der Waals surface area contributed by atoms with Gasteiger partial charge in [-0.3, -0.25) is 0 Å². The third-order valence-corrected chi connectivity index (χ3v) is 1.69. The van der Waals surface area contributed by atoms with E-state index in [1.807, 2.05) is 60.7 Å². The van der Waals surface area contributed by atoms with Crippen molar-refractivity contribution in [2.45, 2.75) is 0 Å². The Balaban J connectivity index is -0.000000225. The third kappa shape index (κ3) is 23.8. The van der Waals surface area contributed by atoms with Crippen LogP contribution in [-0.2, 0) is 7.67 Å². The first-order valence-corrected chi connectivity index (χ1v) is 7.99. The Morgan fingerprint density at radius 3 is 0.952 bits per heavy atom. The minimum atomic E-state index is -5.75. The van der Waals surface area contributed by atoms with Gasteiger partial charge in [0.1, 0.15) is 11.4 Å². The number of benzene rings is 2. The molecule has 0 aliphatic heterocycles. The normalized spacial score (nSPS) is 8.57. The molecule has 120 valence electrons. The SMILES string of the molecule is O.O.O=[Se](=O)([O-])[O-].[NH3+]c1ccccc1.[NH3+]c1ccccc1. The maximum absolute atomic E-state index is 8.59. The average molecular weight is 367 g/mol. The van der Waals surface area contributed by atoms with Crippen molar-refractivity contribution in [1.29, 1.82) is 0 Å². The molecular formula is C12H20N2O6Se. The van der Waals surface area contributed by atoms with E-state index in [1.165, 1.54) is 0 Å². The average Bonchev–Trinajstić information content (AvgIpc) is 2.29. The van der Waals surface area contributed by atoms with Crippen LogP contribution >= 0.6 is 0 Å². The Kier molecular flexibility index (Phi) is 15.4. The fourth-order valence-electron chi connectivity index (χ4n) is 0.956. The van der Waals surface area contributed by atoms with Gasteiger partial charge in [-0.1, -0.05) is 36.4 Å². The molecule has 2 aromatic carbocycles. The number of rotatable bonds is 0. The molecule has 0 unspecified atom stereocenters. The van der Waals surface area contributed by atoms with Crippen molar-refractivity contribution in [3.8, 4) is 0 Å². The summed E-state index contributed by atoms with van der Waals surface area (Å²) in [5, 5.41) is 0. The molecule has 0 amide bonds. The Labute approximate surface area is 124 Å². The summed E-state index contributed by atoms with van der Waals surface area (Å²) in [4.78, 5) is 0. The van der Waals surface area contributed by atoms with E-state index in [9.17, 15) is 0 Å².